The molecule has 2 aliphatic rings. The summed E-state index contributed by atoms with van der Waals surface area (Å²) in [7, 11) is 1.38. The second-order valence-electron chi connectivity index (χ2n) is 7.74. The van der Waals surface area contributed by atoms with Gasteiger partial charge >= 0.3 is 0 Å². The summed E-state index contributed by atoms with van der Waals surface area (Å²) in [5.74, 6) is 1.18. The van der Waals surface area contributed by atoms with Crippen molar-refractivity contribution in [3.05, 3.63) is 26.8 Å². The van der Waals surface area contributed by atoms with Crippen molar-refractivity contribution in [3.8, 4) is 5.75 Å². The first-order valence-corrected chi connectivity index (χ1v) is 10.3. The molecule has 0 unspecified atom stereocenters. The van der Waals surface area contributed by atoms with Gasteiger partial charge in [-0.05, 0) is 96.4 Å². The van der Waals surface area contributed by atoms with Gasteiger partial charge in [0.2, 0.25) is 5.82 Å². The molecule has 1 aromatic carbocycles. The number of halogens is 3. The molecule has 0 heterocycles. The molecule has 24 heavy (non-hydrogen) atoms. The second-order valence-corrected chi connectivity index (χ2v) is 8.90. The summed E-state index contributed by atoms with van der Waals surface area (Å²) in [6, 6.07) is 1.78. The van der Waals surface area contributed by atoms with Crippen LogP contribution in [0.1, 0.15) is 69.8 Å². The SMILES string of the molecule is COc1c(I)cc(C2CCC(C3CCC(C)CC3)CC2)c(F)c1F. The van der Waals surface area contributed by atoms with Crippen LogP contribution in [-0.4, -0.2) is 7.11 Å². The van der Waals surface area contributed by atoms with Crippen molar-refractivity contribution >= 4 is 22.6 Å². The minimum Gasteiger partial charge on any atom is -0.492 e. The smallest absolute Gasteiger partial charge is 0.201 e. The van der Waals surface area contributed by atoms with Crippen molar-refractivity contribution in [1.29, 1.82) is 0 Å². The maximum absolute atomic E-state index is 14.5. The Morgan fingerprint density at radius 1 is 0.917 bits per heavy atom. The Morgan fingerprint density at radius 3 is 2.00 bits per heavy atom. The molecule has 0 atom stereocenters. The molecule has 0 amide bonds. The third kappa shape index (κ3) is 3.73. The molecule has 134 valence electrons. The van der Waals surface area contributed by atoms with Crippen molar-refractivity contribution in [2.24, 2.45) is 17.8 Å². The van der Waals surface area contributed by atoms with Gasteiger partial charge in [-0.2, -0.15) is 4.39 Å². The van der Waals surface area contributed by atoms with Crippen molar-refractivity contribution in [2.45, 2.75) is 64.2 Å². The van der Waals surface area contributed by atoms with Crippen LogP contribution < -0.4 is 4.74 Å². The van der Waals surface area contributed by atoms with Gasteiger partial charge in [-0.3, -0.25) is 0 Å². The molecule has 2 saturated carbocycles. The van der Waals surface area contributed by atoms with E-state index in [4.69, 9.17) is 4.74 Å². The predicted molar refractivity (Wildman–Crippen MR) is 101 cm³/mol. The van der Waals surface area contributed by atoms with Crippen LogP contribution in [-0.2, 0) is 0 Å². The quantitative estimate of drug-likeness (QED) is 0.370. The van der Waals surface area contributed by atoms with E-state index < -0.39 is 11.6 Å². The Balaban J connectivity index is 1.67. The van der Waals surface area contributed by atoms with E-state index in [-0.39, 0.29) is 11.7 Å². The molecule has 0 spiro atoms. The van der Waals surface area contributed by atoms with Crippen LogP contribution >= 0.6 is 22.6 Å². The first-order chi connectivity index (χ1) is 11.5. The number of rotatable bonds is 3. The fourth-order valence-electron chi connectivity index (χ4n) is 4.74. The second kappa shape index (κ2) is 7.88. The van der Waals surface area contributed by atoms with E-state index in [0.29, 0.717) is 9.13 Å². The number of methoxy groups -OCH3 is 1. The van der Waals surface area contributed by atoms with E-state index in [2.05, 4.69) is 6.92 Å². The van der Waals surface area contributed by atoms with Gasteiger partial charge in [0.25, 0.3) is 0 Å². The molecule has 0 aliphatic heterocycles. The normalized spacial score (nSPS) is 31.0. The molecule has 0 radical (unpaired) electrons. The molecule has 0 saturated heterocycles. The highest BCUT2D eigenvalue weighted by molar-refractivity contribution is 14.1. The zero-order valence-corrected chi connectivity index (χ0v) is 16.7. The third-order valence-electron chi connectivity index (χ3n) is 6.29. The topological polar surface area (TPSA) is 9.23 Å². The molecule has 0 N–H and O–H groups in total. The average molecular weight is 448 g/mol. The average Bonchev–Trinajstić information content (AvgIpc) is 2.59. The van der Waals surface area contributed by atoms with Crippen LogP contribution in [0, 0.1) is 33.0 Å². The highest BCUT2D eigenvalue weighted by Gasteiger charge is 2.32. The lowest BCUT2D eigenvalue weighted by Crippen LogP contribution is -2.25. The summed E-state index contributed by atoms with van der Waals surface area (Å²) < 4.78 is 34.3. The van der Waals surface area contributed by atoms with Gasteiger partial charge in [-0.1, -0.05) is 19.8 Å². The molecule has 4 heteroatoms. The predicted octanol–water partition coefficient (Wildman–Crippen LogP) is 6.68. The van der Waals surface area contributed by atoms with E-state index in [0.717, 1.165) is 43.4 Å². The summed E-state index contributed by atoms with van der Waals surface area (Å²) in [5, 5.41) is 0. The maximum Gasteiger partial charge on any atom is 0.201 e. The summed E-state index contributed by atoms with van der Waals surface area (Å²) in [6.45, 7) is 2.36. The highest BCUT2D eigenvalue weighted by Crippen LogP contribution is 2.45. The summed E-state index contributed by atoms with van der Waals surface area (Å²) in [5.41, 5.74) is 0.549. The van der Waals surface area contributed by atoms with E-state index in [1.165, 1.54) is 32.8 Å². The number of hydrogen-bond acceptors (Lipinski definition) is 1. The van der Waals surface area contributed by atoms with E-state index in [1.54, 1.807) is 6.07 Å². The summed E-state index contributed by atoms with van der Waals surface area (Å²) in [6.07, 6.45) is 9.73. The standard InChI is InChI=1S/C20H27F2IO/c1-12-3-5-13(6-4-12)14-7-9-15(10-8-14)16-11-17(23)20(24-2)19(22)18(16)21/h11-15H,3-10H2,1-2H3. The van der Waals surface area contributed by atoms with Crippen molar-refractivity contribution in [2.75, 3.05) is 7.11 Å². The lowest BCUT2D eigenvalue weighted by Gasteiger charge is -2.37. The molecule has 0 aromatic heterocycles. The highest BCUT2D eigenvalue weighted by atomic mass is 127. The van der Waals surface area contributed by atoms with Gasteiger partial charge in [-0.15, -0.1) is 0 Å². The van der Waals surface area contributed by atoms with Crippen molar-refractivity contribution in [3.63, 3.8) is 0 Å². The first-order valence-electron chi connectivity index (χ1n) is 9.22. The van der Waals surface area contributed by atoms with Crippen molar-refractivity contribution in [1.82, 2.24) is 0 Å². The minimum absolute atomic E-state index is 0.0295. The first kappa shape index (κ1) is 18.4. The van der Waals surface area contributed by atoms with Gasteiger partial charge in [-0.25, -0.2) is 4.39 Å². The van der Waals surface area contributed by atoms with Crippen LogP contribution in [0.5, 0.6) is 5.75 Å². The Labute approximate surface area is 157 Å². The van der Waals surface area contributed by atoms with Gasteiger partial charge in [0.05, 0.1) is 10.7 Å². The molecule has 3 rings (SSSR count). The van der Waals surface area contributed by atoms with E-state index in [1.807, 2.05) is 22.6 Å². The van der Waals surface area contributed by atoms with Crippen LogP contribution in [0.15, 0.2) is 6.07 Å². The molecule has 1 aromatic rings. The molecule has 1 nitrogen and oxygen atoms in total. The van der Waals surface area contributed by atoms with E-state index >= 15 is 0 Å². The van der Waals surface area contributed by atoms with Crippen LogP contribution in [0.2, 0.25) is 0 Å². The van der Waals surface area contributed by atoms with Gasteiger partial charge < -0.3 is 4.74 Å². The zero-order valence-electron chi connectivity index (χ0n) is 14.6. The van der Waals surface area contributed by atoms with Gasteiger partial charge in [0.1, 0.15) is 0 Å². The third-order valence-corrected chi connectivity index (χ3v) is 7.09. The maximum atomic E-state index is 14.5. The Hall–Kier alpha value is -0.390. The van der Waals surface area contributed by atoms with Crippen LogP contribution in [0.25, 0.3) is 0 Å². The lowest BCUT2D eigenvalue weighted by atomic mass is 9.68. The number of hydrogen-bond donors (Lipinski definition) is 0. The fraction of sp³-hybridized carbons (Fsp3) is 0.700. The number of benzene rings is 1. The molecule has 2 fully saturated rings. The summed E-state index contributed by atoms with van der Waals surface area (Å²) in [4.78, 5) is 0. The Morgan fingerprint density at radius 2 is 1.46 bits per heavy atom. The molecule has 2 aliphatic carbocycles. The van der Waals surface area contributed by atoms with Crippen LogP contribution in [0.3, 0.4) is 0 Å². The molecular formula is C20H27F2IO. The lowest BCUT2D eigenvalue weighted by molar-refractivity contribution is 0.164. The van der Waals surface area contributed by atoms with E-state index in [9.17, 15) is 8.78 Å². The minimum atomic E-state index is -0.831. The molecule has 0 bridgehead atoms. The Bertz CT molecular complexity index is 573. The monoisotopic (exact) mass is 448 g/mol. The fourth-order valence-corrected chi connectivity index (χ4v) is 5.53. The van der Waals surface area contributed by atoms with Gasteiger partial charge in [0, 0.05) is 0 Å². The largest absolute Gasteiger partial charge is 0.492 e. The summed E-state index contributed by atoms with van der Waals surface area (Å²) >= 11 is 2.03. The van der Waals surface area contributed by atoms with Crippen molar-refractivity contribution < 1.29 is 13.5 Å². The van der Waals surface area contributed by atoms with Gasteiger partial charge in [0.15, 0.2) is 11.6 Å². The zero-order chi connectivity index (χ0) is 17.3. The number of ether oxygens (including phenoxy) is 1. The van der Waals surface area contributed by atoms with Crippen LogP contribution in [0.4, 0.5) is 8.78 Å². The Kier molecular flexibility index (Phi) is 6.04. The molecular weight excluding hydrogens is 421 g/mol.